The quantitative estimate of drug-likeness (QED) is 0.693. The minimum Gasteiger partial charge on any atom is -0.437 e. The standard InChI is InChI=1S/C14H15ClN4O2/c1-8-4-11(15)12(5-9(8)2)21-14-10(6-19-20-3)13(16)17-7-18-14/h4-7H,1-3H3,(H2,16,17,18)/b19-6+. The lowest BCUT2D eigenvalue weighted by Gasteiger charge is -2.11. The third-order valence-electron chi connectivity index (χ3n) is 2.92. The Morgan fingerprint density at radius 3 is 2.67 bits per heavy atom. The molecule has 2 N–H and O–H groups in total. The normalized spacial score (nSPS) is 10.9. The van der Waals surface area contributed by atoms with Crippen LogP contribution in [0.15, 0.2) is 23.6 Å². The number of rotatable bonds is 4. The van der Waals surface area contributed by atoms with Gasteiger partial charge in [-0.05, 0) is 37.1 Å². The van der Waals surface area contributed by atoms with Crippen molar-refractivity contribution in [2.45, 2.75) is 13.8 Å². The van der Waals surface area contributed by atoms with Gasteiger partial charge in [0.25, 0.3) is 0 Å². The Morgan fingerprint density at radius 2 is 1.95 bits per heavy atom. The minimum atomic E-state index is 0.237. The zero-order valence-electron chi connectivity index (χ0n) is 11.9. The molecule has 0 aliphatic heterocycles. The summed E-state index contributed by atoms with van der Waals surface area (Å²) < 4.78 is 5.74. The molecule has 2 rings (SSSR count). The highest BCUT2D eigenvalue weighted by atomic mass is 35.5. The molecule has 1 aromatic carbocycles. The SMILES string of the molecule is CO/N=C/c1c(N)ncnc1Oc1cc(C)c(C)cc1Cl. The number of nitrogens with zero attached hydrogens (tertiary/aromatic N) is 3. The molecule has 0 saturated carbocycles. The second kappa shape index (κ2) is 6.41. The number of benzene rings is 1. The summed E-state index contributed by atoms with van der Waals surface area (Å²) in [6, 6.07) is 3.67. The van der Waals surface area contributed by atoms with Gasteiger partial charge in [0, 0.05) is 0 Å². The van der Waals surface area contributed by atoms with Gasteiger partial charge in [0.2, 0.25) is 5.88 Å². The van der Waals surface area contributed by atoms with E-state index < -0.39 is 0 Å². The molecule has 1 heterocycles. The number of hydrogen-bond donors (Lipinski definition) is 1. The number of oxime groups is 1. The number of aromatic nitrogens is 2. The molecule has 110 valence electrons. The predicted molar refractivity (Wildman–Crippen MR) is 82.0 cm³/mol. The summed E-state index contributed by atoms with van der Waals surface area (Å²) in [5.74, 6) is 0.985. The van der Waals surface area contributed by atoms with Crippen molar-refractivity contribution in [3.05, 3.63) is 40.2 Å². The first-order valence-corrected chi connectivity index (χ1v) is 6.52. The average molecular weight is 307 g/mol. The van der Waals surface area contributed by atoms with Gasteiger partial charge in [-0.25, -0.2) is 9.97 Å². The number of nitrogen functional groups attached to an aromatic ring is 1. The first-order valence-electron chi connectivity index (χ1n) is 6.14. The lowest BCUT2D eigenvalue weighted by molar-refractivity contribution is 0.215. The molecule has 0 amide bonds. The van der Waals surface area contributed by atoms with Crippen molar-refractivity contribution in [1.29, 1.82) is 0 Å². The van der Waals surface area contributed by atoms with E-state index in [4.69, 9.17) is 22.1 Å². The molecule has 21 heavy (non-hydrogen) atoms. The molecule has 0 spiro atoms. The van der Waals surface area contributed by atoms with Crippen LogP contribution in [0.1, 0.15) is 16.7 Å². The Kier molecular flexibility index (Phi) is 4.59. The zero-order valence-corrected chi connectivity index (χ0v) is 12.7. The van der Waals surface area contributed by atoms with Gasteiger partial charge in [-0.3, -0.25) is 0 Å². The number of aryl methyl sites for hydroxylation is 2. The average Bonchev–Trinajstić information content (AvgIpc) is 2.44. The van der Waals surface area contributed by atoms with Crippen molar-refractivity contribution in [2.24, 2.45) is 5.16 Å². The van der Waals surface area contributed by atoms with Crippen LogP contribution >= 0.6 is 11.6 Å². The van der Waals surface area contributed by atoms with E-state index in [-0.39, 0.29) is 11.7 Å². The topological polar surface area (TPSA) is 82.6 Å². The molecule has 0 aliphatic carbocycles. The van der Waals surface area contributed by atoms with E-state index >= 15 is 0 Å². The van der Waals surface area contributed by atoms with Crippen LogP contribution in [0.3, 0.4) is 0 Å². The largest absolute Gasteiger partial charge is 0.437 e. The van der Waals surface area contributed by atoms with Gasteiger partial charge < -0.3 is 15.3 Å². The van der Waals surface area contributed by atoms with E-state index in [0.29, 0.717) is 16.3 Å². The predicted octanol–water partition coefficient (Wildman–Crippen LogP) is 3.10. The molecule has 6 nitrogen and oxygen atoms in total. The van der Waals surface area contributed by atoms with Gasteiger partial charge in [-0.15, -0.1) is 0 Å². The third-order valence-corrected chi connectivity index (χ3v) is 3.22. The highest BCUT2D eigenvalue weighted by Crippen LogP contribution is 2.32. The number of ether oxygens (including phenoxy) is 1. The molecule has 0 atom stereocenters. The summed E-state index contributed by atoms with van der Waals surface area (Å²) in [5.41, 5.74) is 8.36. The Labute approximate surface area is 127 Å². The maximum Gasteiger partial charge on any atom is 0.233 e. The zero-order chi connectivity index (χ0) is 15.4. The van der Waals surface area contributed by atoms with Gasteiger partial charge >= 0.3 is 0 Å². The molecule has 0 fully saturated rings. The number of anilines is 1. The fourth-order valence-electron chi connectivity index (χ4n) is 1.64. The monoisotopic (exact) mass is 306 g/mol. The van der Waals surface area contributed by atoms with Crippen molar-refractivity contribution in [3.63, 3.8) is 0 Å². The van der Waals surface area contributed by atoms with E-state index in [0.717, 1.165) is 11.1 Å². The minimum absolute atomic E-state index is 0.237. The van der Waals surface area contributed by atoms with Gasteiger partial charge in [-0.2, -0.15) is 0 Å². The van der Waals surface area contributed by atoms with Crippen LogP contribution in [-0.2, 0) is 4.84 Å². The first-order chi connectivity index (χ1) is 10.0. The Balaban J connectivity index is 2.42. The summed E-state index contributed by atoms with van der Waals surface area (Å²) in [6.07, 6.45) is 2.70. The van der Waals surface area contributed by atoms with Crippen molar-refractivity contribution >= 4 is 23.6 Å². The summed E-state index contributed by atoms with van der Waals surface area (Å²) in [6.45, 7) is 3.95. The molecule has 0 unspecified atom stereocenters. The molecule has 0 saturated heterocycles. The van der Waals surface area contributed by atoms with E-state index in [1.54, 1.807) is 0 Å². The number of hydrogen-bond acceptors (Lipinski definition) is 6. The smallest absolute Gasteiger partial charge is 0.233 e. The van der Waals surface area contributed by atoms with Crippen LogP contribution in [0.2, 0.25) is 5.02 Å². The first kappa shape index (κ1) is 15.1. The van der Waals surface area contributed by atoms with Crippen LogP contribution < -0.4 is 10.5 Å². The highest BCUT2D eigenvalue weighted by molar-refractivity contribution is 6.32. The molecule has 0 bridgehead atoms. The molecular formula is C14H15ClN4O2. The van der Waals surface area contributed by atoms with E-state index in [1.165, 1.54) is 19.7 Å². The Hall–Kier alpha value is -2.34. The summed E-state index contributed by atoms with van der Waals surface area (Å²) in [5, 5.41) is 4.15. The fraction of sp³-hybridized carbons (Fsp3) is 0.214. The van der Waals surface area contributed by atoms with Crippen molar-refractivity contribution in [3.8, 4) is 11.6 Å². The van der Waals surface area contributed by atoms with E-state index in [9.17, 15) is 0 Å². The van der Waals surface area contributed by atoms with E-state index in [2.05, 4.69) is 20.0 Å². The molecule has 1 aromatic heterocycles. The summed E-state index contributed by atoms with van der Waals surface area (Å²) in [4.78, 5) is 12.6. The van der Waals surface area contributed by atoms with Gasteiger partial charge in [0.1, 0.15) is 30.6 Å². The van der Waals surface area contributed by atoms with Crippen LogP contribution in [-0.4, -0.2) is 23.3 Å². The van der Waals surface area contributed by atoms with Crippen LogP contribution in [0, 0.1) is 13.8 Å². The van der Waals surface area contributed by atoms with Crippen LogP contribution in [0.4, 0.5) is 5.82 Å². The van der Waals surface area contributed by atoms with Gasteiger partial charge in [0.15, 0.2) is 0 Å². The van der Waals surface area contributed by atoms with Crippen molar-refractivity contribution in [2.75, 3.05) is 12.8 Å². The highest BCUT2D eigenvalue weighted by Gasteiger charge is 2.13. The van der Waals surface area contributed by atoms with Crippen LogP contribution in [0.25, 0.3) is 0 Å². The molecular weight excluding hydrogens is 292 g/mol. The fourth-order valence-corrected chi connectivity index (χ4v) is 1.89. The van der Waals surface area contributed by atoms with Gasteiger partial charge in [-0.1, -0.05) is 16.8 Å². The summed E-state index contributed by atoms with van der Waals surface area (Å²) in [7, 11) is 1.43. The third kappa shape index (κ3) is 3.41. The number of halogens is 1. The van der Waals surface area contributed by atoms with Gasteiger partial charge in [0.05, 0.1) is 11.2 Å². The second-order valence-corrected chi connectivity index (χ2v) is 4.77. The summed E-state index contributed by atoms with van der Waals surface area (Å²) >= 11 is 6.19. The Bertz CT molecular complexity index is 689. The maximum absolute atomic E-state index is 6.19. The van der Waals surface area contributed by atoms with Crippen molar-refractivity contribution < 1.29 is 9.57 Å². The lowest BCUT2D eigenvalue weighted by atomic mass is 10.1. The number of nitrogens with two attached hydrogens (primary N) is 1. The van der Waals surface area contributed by atoms with Crippen molar-refractivity contribution in [1.82, 2.24) is 9.97 Å². The molecule has 0 aliphatic rings. The lowest BCUT2D eigenvalue weighted by Crippen LogP contribution is -2.02. The van der Waals surface area contributed by atoms with E-state index in [1.807, 2.05) is 26.0 Å². The molecule has 2 aromatic rings. The molecule has 0 radical (unpaired) electrons. The maximum atomic E-state index is 6.19. The Morgan fingerprint density at radius 1 is 1.24 bits per heavy atom. The molecule has 7 heteroatoms. The van der Waals surface area contributed by atoms with Crippen LogP contribution in [0.5, 0.6) is 11.6 Å². The second-order valence-electron chi connectivity index (χ2n) is 4.36.